The van der Waals surface area contributed by atoms with Crippen molar-refractivity contribution in [2.75, 3.05) is 13.6 Å². The van der Waals surface area contributed by atoms with Crippen LogP contribution in [-0.4, -0.2) is 110 Å². The van der Waals surface area contributed by atoms with Crippen LogP contribution in [0.1, 0.15) is 59.1 Å². The Hall–Kier alpha value is -5.72. The van der Waals surface area contributed by atoms with E-state index >= 15 is 0 Å². The van der Waals surface area contributed by atoms with Crippen molar-refractivity contribution in [3.63, 3.8) is 0 Å². The molecule has 0 fully saturated rings. The highest BCUT2D eigenvalue weighted by atomic mass is 35.5. The Bertz CT molecular complexity index is 1880. The maximum absolute atomic E-state index is 14.7. The number of carboxylic acids is 2. The van der Waals surface area contributed by atoms with Crippen molar-refractivity contribution in [1.29, 1.82) is 0 Å². The van der Waals surface area contributed by atoms with E-state index < -0.39 is 94.5 Å². The number of aliphatic hydroxyl groups excluding tert-OH is 1. The standard InChI is InChI=1S/C36H45ClN6O12/c1-8-17(5)25(32(50)39-20(35(53)54)15-23(44)45)41-30(48)21-11-10-12-43(21)34(52)29-36(6,9-2)55-22-14-18(13-19(37)28(22)47)27(46)26(38-7)33(51)40-24(16(3)4)31(49)42-29/h10-11,13-15,21,24,26-27,29,38,46-47H,3,8-9,12H2,1-2,4-7H3,(H,39,50)(H,40,51)(H,41,48)(H,42,49)(H,44,45)(H,53,54)/b20-15+,25-17+/t21-,24-,26-,27-,29-,36+/m0/s1. The van der Waals surface area contributed by atoms with E-state index in [0.717, 1.165) is 4.90 Å². The average molecular weight is 789 g/mol. The van der Waals surface area contributed by atoms with Crippen molar-refractivity contribution >= 4 is 53.1 Å². The van der Waals surface area contributed by atoms with Crippen LogP contribution in [0.3, 0.4) is 0 Å². The molecule has 0 radical (unpaired) electrons. The number of aliphatic carboxylic acids is 2. The van der Waals surface area contributed by atoms with Crippen LogP contribution in [0.15, 0.2) is 59.5 Å². The molecule has 5 amide bonds. The van der Waals surface area contributed by atoms with Crippen LogP contribution in [-0.2, 0) is 33.6 Å². The van der Waals surface area contributed by atoms with Crippen molar-refractivity contribution < 1.29 is 58.7 Å². The van der Waals surface area contributed by atoms with E-state index in [1.54, 1.807) is 13.8 Å². The van der Waals surface area contributed by atoms with Crippen LogP contribution in [0.4, 0.5) is 0 Å². The molecule has 298 valence electrons. The van der Waals surface area contributed by atoms with Gasteiger partial charge in [0.2, 0.25) is 11.8 Å². The summed E-state index contributed by atoms with van der Waals surface area (Å²) in [6, 6.07) is -3.37. The monoisotopic (exact) mass is 788 g/mol. The lowest BCUT2D eigenvalue weighted by Gasteiger charge is -2.40. The fourth-order valence-electron chi connectivity index (χ4n) is 5.73. The van der Waals surface area contributed by atoms with Crippen molar-refractivity contribution in [2.45, 2.75) is 83.3 Å². The second-order valence-corrected chi connectivity index (χ2v) is 13.5. The number of rotatable bonds is 11. The van der Waals surface area contributed by atoms with Crippen LogP contribution in [0.25, 0.3) is 0 Å². The number of fused-ring (bicyclic) bond motifs is 2. The molecule has 0 saturated carbocycles. The normalized spacial score (nSPS) is 24.8. The van der Waals surface area contributed by atoms with E-state index in [4.69, 9.17) is 21.4 Å². The molecular weight excluding hydrogens is 744 g/mol. The lowest BCUT2D eigenvalue weighted by atomic mass is 9.90. The summed E-state index contributed by atoms with van der Waals surface area (Å²) in [7, 11) is 1.40. The number of phenolic OH excluding ortho intramolecular Hbond substituents is 1. The van der Waals surface area contributed by atoms with Crippen molar-refractivity contribution in [3.8, 4) is 11.5 Å². The van der Waals surface area contributed by atoms with Crippen LogP contribution in [0, 0.1) is 0 Å². The number of halogens is 1. The molecule has 2 bridgehead atoms. The van der Waals surface area contributed by atoms with Gasteiger partial charge in [0.25, 0.3) is 17.7 Å². The van der Waals surface area contributed by atoms with Gasteiger partial charge < -0.3 is 56.6 Å². The molecule has 0 aliphatic carbocycles. The Morgan fingerprint density at radius 2 is 1.75 bits per heavy atom. The third kappa shape index (κ3) is 9.88. The van der Waals surface area contributed by atoms with Crippen LogP contribution < -0.4 is 31.3 Å². The molecule has 2 aliphatic heterocycles. The van der Waals surface area contributed by atoms with Gasteiger partial charge in [0.15, 0.2) is 11.5 Å². The fraction of sp³-hybridized carbons (Fsp3) is 0.417. The summed E-state index contributed by atoms with van der Waals surface area (Å²) in [4.78, 5) is 92.9. The first-order valence-corrected chi connectivity index (χ1v) is 17.4. The number of phenols is 1. The zero-order chi connectivity index (χ0) is 41.5. The largest absolute Gasteiger partial charge is 0.503 e. The Morgan fingerprint density at radius 3 is 2.29 bits per heavy atom. The van der Waals surface area contributed by atoms with Crippen LogP contribution in [0.5, 0.6) is 11.5 Å². The molecular formula is C36H45ClN6O12. The second kappa shape index (κ2) is 18.1. The first kappa shape index (κ1) is 43.7. The third-order valence-corrected chi connectivity index (χ3v) is 9.51. The molecule has 2 heterocycles. The third-order valence-electron chi connectivity index (χ3n) is 9.22. The minimum atomic E-state index is -1.75. The molecule has 0 aromatic heterocycles. The molecule has 2 aliphatic rings. The topological polar surface area (TPSA) is 273 Å². The number of amides is 5. The van der Waals surface area contributed by atoms with Gasteiger partial charge in [0, 0.05) is 6.54 Å². The first-order valence-electron chi connectivity index (χ1n) is 17.0. The summed E-state index contributed by atoms with van der Waals surface area (Å²) >= 11 is 6.33. The Labute approximate surface area is 321 Å². The molecule has 0 unspecified atom stereocenters. The smallest absolute Gasteiger partial charge is 0.352 e. The predicted molar refractivity (Wildman–Crippen MR) is 196 cm³/mol. The van der Waals surface area contributed by atoms with Crippen molar-refractivity contribution in [3.05, 3.63) is 70.1 Å². The highest BCUT2D eigenvalue weighted by Crippen LogP contribution is 2.41. The number of aromatic hydroxyl groups is 1. The van der Waals surface area contributed by atoms with Gasteiger partial charge in [-0.3, -0.25) is 24.0 Å². The van der Waals surface area contributed by atoms with Gasteiger partial charge in [-0.1, -0.05) is 44.2 Å². The van der Waals surface area contributed by atoms with Gasteiger partial charge in [0.05, 0.1) is 11.1 Å². The highest BCUT2D eigenvalue weighted by molar-refractivity contribution is 6.32. The number of ether oxygens (including phenoxy) is 1. The maximum atomic E-state index is 14.7. The van der Waals surface area contributed by atoms with E-state index in [2.05, 4.69) is 27.8 Å². The minimum absolute atomic E-state index is 0.0204. The Morgan fingerprint density at radius 1 is 1.09 bits per heavy atom. The minimum Gasteiger partial charge on any atom is -0.503 e. The number of hydrogen-bond acceptors (Lipinski definition) is 11. The van der Waals surface area contributed by atoms with Gasteiger partial charge >= 0.3 is 11.9 Å². The van der Waals surface area contributed by atoms with E-state index in [0.29, 0.717) is 0 Å². The second-order valence-electron chi connectivity index (χ2n) is 13.1. The first-order chi connectivity index (χ1) is 25.7. The van der Waals surface area contributed by atoms with E-state index in [9.17, 15) is 48.9 Å². The average Bonchev–Trinajstić information content (AvgIpc) is 3.62. The Balaban J connectivity index is 2.11. The Kier molecular flexibility index (Phi) is 14.4. The molecule has 9 N–H and O–H groups in total. The van der Waals surface area contributed by atoms with E-state index in [-0.39, 0.29) is 52.9 Å². The molecule has 6 atom stereocenters. The number of carbonyl (C=O) groups excluding carboxylic acids is 5. The zero-order valence-corrected chi connectivity index (χ0v) is 31.7. The number of hydrogen-bond donors (Lipinski definition) is 9. The van der Waals surface area contributed by atoms with Gasteiger partial charge in [-0.25, -0.2) is 9.59 Å². The summed E-state index contributed by atoms with van der Waals surface area (Å²) in [6.45, 7) is 11.3. The predicted octanol–water partition coefficient (Wildman–Crippen LogP) is 0.510. The quantitative estimate of drug-likeness (QED) is 0.109. The van der Waals surface area contributed by atoms with Crippen molar-refractivity contribution in [1.82, 2.24) is 31.5 Å². The number of likely N-dealkylation sites (N-methyl/N-ethyl adjacent to an activating group) is 1. The maximum Gasteiger partial charge on any atom is 0.352 e. The molecule has 0 saturated heterocycles. The van der Waals surface area contributed by atoms with E-state index in [1.165, 1.54) is 52.1 Å². The van der Waals surface area contributed by atoms with E-state index in [1.807, 2.05) is 5.32 Å². The summed E-state index contributed by atoms with van der Waals surface area (Å²) in [5.74, 6) is -8.94. The fourth-order valence-corrected chi connectivity index (χ4v) is 5.95. The SMILES string of the molecule is C=C(C)[C@@H]1NC(=O)[C@@H](NC)[C@@H](O)c2cc(Cl)c(O)c(c2)O[C@](C)(CC)[C@H](C(=O)N2CC=C[C@H]2C(=O)N/C(C(=O)N/C(=C/C(=O)O)C(=O)O)=C(\C)CC)NC1=O. The molecule has 18 nitrogen and oxygen atoms in total. The van der Waals surface area contributed by atoms with Gasteiger partial charge in [-0.15, -0.1) is 0 Å². The van der Waals surface area contributed by atoms with Crippen molar-refractivity contribution in [2.24, 2.45) is 0 Å². The number of nitrogens with one attached hydrogen (secondary N) is 5. The molecule has 0 spiro atoms. The molecule has 1 aromatic rings. The number of allylic oxidation sites excluding steroid dienone is 1. The molecule has 1 aromatic carbocycles. The lowest BCUT2D eigenvalue weighted by molar-refractivity contribution is -0.146. The van der Waals surface area contributed by atoms with Gasteiger partial charge in [-0.2, -0.15) is 0 Å². The summed E-state index contributed by atoms with van der Waals surface area (Å²) in [5.41, 5.74) is -2.62. The molecule has 19 heteroatoms. The molecule has 55 heavy (non-hydrogen) atoms. The number of benzene rings is 1. The van der Waals surface area contributed by atoms with Gasteiger partial charge in [-0.05, 0) is 69.5 Å². The summed E-state index contributed by atoms with van der Waals surface area (Å²) in [6.07, 6.45) is 1.71. The lowest BCUT2D eigenvalue weighted by Crippen LogP contribution is -2.65. The number of carbonyl (C=O) groups is 7. The van der Waals surface area contributed by atoms with Crippen LogP contribution in [0.2, 0.25) is 5.02 Å². The highest BCUT2D eigenvalue weighted by Gasteiger charge is 2.47. The number of aliphatic hydroxyl groups is 1. The number of nitrogens with zero attached hydrogens (tertiary/aromatic N) is 1. The van der Waals surface area contributed by atoms with Gasteiger partial charge in [0.1, 0.15) is 47.3 Å². The van der Waals surface area contributed by atoms with Crippen LogP contribution >= 0.6 is 11.6 Å². The zero-order valence-electron chi connectivity index (χ0n) is 31.0. The summed E-state index contributed by atoms with van der Waals surface area (Å²) in [5, 5.41) is 52.6. The summed E-state index contributed by atoms with van der Waals surface area (Å²) < 4.78 is 6.29. The number of carboxylic acid groups (broad SMARTS) is 2. The molecule has 3 rings (SSSR count).